The van der Waals surface area contributed by atoms with E-state index >= 15 is 0 Å². The number of benzene rings is 3. The second-order valence-corrected chi connectivity index (χ2v) is 11.4. The smallest absolute Gasteiger partial charge is 0.264 e. The van der Waals surface area contributed by atoms with E-state index < -0.39 is 22.5 Å². The van der Waals surface area contributed by atoms with Gasteiger partial charge in [-0.3, -0.25) is 9.10 Å². The van der Waals surface area contributed by atoms with Gasteiger partial charge in [0, 0.05) is 28.7 Å². The first-order chi connectivity index (χ1) is 19.6. The molecule has 0 saturated carbocycles. The fourth-order valence-electron chi connectivity index (χ4n) is 4.53. The summed E-state index contributed by atoms with van der Waals surface area (Å²) in [6.07, 6.45) is 1.56. The van der Waals surface area contributed by atoms with Gasteiger partial charge in [-0.05, 0) is 81.3 Å². The molecule has 0 spiro atoms. The lowest BCUT2D eigenvalue weighted by atomic mass is 10.1. The first-order valence-electron chi connectivity index (χ1n) is 12.9. The lowest BCUT2D eigenvalue weighted by Gasteiger charge is -2.25. The molecule has 0 aliphatic carbocycles. The number of hydrazone groups is 1. The van der Waals surface area contributed by atoms with Crippen LogP contribution < -0.4 is 19.2 Å². The third-order valence-electron chi connectivity index (χ3n) is 6.89. The fraction of sp³-hybridized carbons (Fsp3) is 0.226. The Morgan fingerprint density at radius 1 is 0.927 bits per heavy atom. The Hall–Kier alpha value is -4.57. The van der Waals surface area contributed by atoms with Gasteiger partial charge in [0.2, 0.25) is 0 Å². The molecule has 1 aromatic heterocycles. The number of aromatic nitrogens is 1. The zero-order valence-corrected chi connectivity index (χ0v) is 24.8. The predicted octanol–water partition coefficient (Wildman–Crippen LogP) is 5.07. The normalized spacial score (nSPS) is 11.5. The Kier molecular flexibility index (Phi) is 8.83. The average Bonchev–Trinajstić information content (AvgIpc) is 3.25. The van der Waals surface area contributed by atoms with Gasteiger partial charge in [-0.25, -0.2) is 13.8 Å². The van der Waals surface area contributed by atoms with Crippen LogP contribution in [0.4, 0.5) is 5.69 Å². The van der Waals surface area contributed by atoms with Crippen LogP contribution in [-0.2, 0) is 14.8 Å². The summed E-state index contributed by atoms with van der Waals surface area (Å²) in [5.74, 6) is 0.0932. The van der Waals surface area contributed by atoms with Crippen molar-refractivity contribution in [3.63, 3.8) is 0 Å². The summed E-state index contributed by atoms with van der Waals surface area (Å²) in [4.78, 5) is 13.1. The van der Waals surface area contributed by atoms with Gasteiger partial charge in [0.15, 0.2) is 0 Å². The number of carbonyl (C=O) groups is 1. The Balaban J connectivity index is 1.60. The van der Waals surface area contributed by atoms with Crippen molar-refractivity contribution in [2.75, 3.05) is 25.1 Å². The molecular weight excluding hydrogens is 540 g/mol. The van der Waals surface area contributed by atoms with E-state index in [2.05, 4.69) is 47.1 Å². The zero-order valence-electron chi connectivity index (χ0n) is 24.0. The molecule has 3 aromatic carbocycles. The van der Waals surface area contributed by atoms with Crippen LogP contribution in [0.2, 0.25) is 0 Å². The van der Waals surface area contributed by atoms with Crippen LogP contribution in [0.5, 0.6) is 11.5 Å². The molecule has 41 heavy (non-hydrogen) atoms. The maximum absolute atomic E-state index is 13.7. The Bertz CT molecular complexity index is 1700. The van der Waals surface area contributed by atoms with Gasteiger partial charge in [0.25, 0.3) is 15.9 Å². The molecule has 1 amide bonds. The first kappa shape index (κ1) is 29.4. The molecule has 214 valence electrons. The first-order valence-corrected chi connectivity index (χ1v) is 14.4. The van der Waals surface area contributed by atoms with E-state index in [-0.39, 0.29) is 16.3 Å². The molecular formula is C31H34N4O5S. The van der Waals surface area contributed by atoms with E-state index in [0.717, 1.165) is 26.9 Å². The van der Waals surface area contributed by atoms with E-state index in [4.69, 9.17) is 9.47 Å². The van der Waals surface area contributed by atoms with E-state index in [0.29, 0.717) is 5.75 Å². The molecule has 1 heterocycles. The molecule has 0 unspecified atom stereocenters. The number of amides is 1. The molecule has 1 N–H and O–H groups in total. The van der Waals surface area contributed by atoms with Crippen LogP contribution in [0.1, 0.15) is 28.1 Å². The quantitative estimate of drug-likeness (QED) is 0.210. The van der Waals surface area contributed by atoms with Crippen molar-refractivity contribution in [1.82, 2.24) is 9.99 Å². The van der Waals surface area contributed by atoms with Crippen LogP contribution in [0, 0.1) is 27.7 Å². The van der Waals surface area contributed by atoms with Crippen LogP contribution in [0.25, 0.3) is 5.69 Å². The molecule has 4 aromatic rings. The molecule has 4 rings (SSSR count). The van der Waals surface area contributed by atoms with Crippen molar-refractivity contribution in [2.24, 2.45) is 5.10 Å². The van der Waals surface area contributed by atoms with Gasteiger partial charge in [-0.15, -0.1) is 0 Å². The topological polar surface area (TPSA) is 102 Å². The van der Waals surface area contributed by atoms with Crippen molar-refractivity contribution in [2.45, 2.75) is 32.6 Å². The van der Waals surface area contributed by atoms with Gasteiger partial charge >= 0.3 is 0 Å². The molecule has 0 saturated heterocycles. The number of aryl methyl sites for hydroxylation is 3. The highest BCUT2D eigenvalue weighted by Gasteiger charge is 2.29. The highest BCUT2D eigenvalue weighted by molar-refractivity contribution is 7.92. The van der Waals surface area contributed by atoms with Gasteiger partial charge in [-0.1, -0.05) is 24.3 Å². The molecule has 0 atom stereocenters. The standard InChI is InChI=1S/C31H34N4O5S/c1-21-12-13-26(16-22(21)2)35-23(3)17-25(24(35)4)19-32-33-31(36)20-34(41(37,38)28-10-8-7-9-11-28)29-15-14-27(39-5)18-30(29)40-6/h7-19H,20H2,1-6H3,(H,33,36)/b32-19-. The highest BCUT2D eigenvalue weighted by Crippen LogP contribution is 2.35. The number of carbonyl (C=O) groups excluding carboxylic acids is 1. The Morgan fingerprint density at radius 2 is 1.66 bits per heavy atom. The van der Waals surface area contributed by atoms with E-state index in [1.54, 1.807) is 36.5 Å². The summed E-state index contributed by atoms with van der Waals surface area (Å²) in [5, 5.41) is 4.14. The molecule has 0 radical (unpaired) electrons. The maximum atomic E-state index is 13.7. The number of hydrogen-bond acceptors (Lipinski definition) is 6. The van der Waals surface area contributed by atoms with Gasteiger partial charge in [-0.2, -0.15) is 5.10 Å². The maximum Gasteiger partial charge on any atom is 0.264 e. The fourth-order valence-corrected chi connectivity index (χ4v) is 5.98. The average molecular weight is 575 g/mol. The number of nitrogens with zero attached hydrogens (tertiary/aromatic N) is 3. The monoisotopic (exact) mass is 574 g/mol. The molecule has 0 fully saturated rings. The van der Waals surface area contributed by atoms with E-state index in [9.17, 15) is 13.2 Å². The number of rotatable bonds is 10. The van der Waals surface area contributed by atoms with Crippen molar-refractivity contribution in [3.05, 3.63) is 101 Å². The molecule has 10 heteroatoms. The van der Waals surface area contributed by atoms with Gasteiger partial charge in [0.1, 0.15) is 18.0 Å². The van der Waals surface area contributed by atoms with E-state index in [1.807, 2.05) is 19.9 Å². The van der Waals surface area contributed by atoms with Crippen LogP contribution in [0.15, 0.2) is 82.8 Å². The third kappa shape index (κ3) is 6.28. The lowest BCUT2D eigenvalue weighted by molar-refractivity contribution is -0.119. The van der Waals surface area contributed by atoms with Crippen molar-refractivity contribution in [3.8, 4) is 17.2 Å². The van der Waals surface area contributed by atoms with Crippen LogP contribution in [0.3, 0.4) is 0 Å². The van der Waals surface area contributed by atoms with Gasteiger partial charge < -0.3 is 14.0 Å². The number of methoxy groups -OCH3 is 2. The molecule has 0 aliphatic rings. The lowest BCUT2D eigenvalue weighted by Crippen LogP contribution is -2.39. The van der Waals surface area contributed by atoms with Crippen molar-refractivity contribution >= 4 is 27.8 Å². The second kappa shape index (κ2) is 12.3. The minimum Gasteiger partial charge on any atom is -0.497 e. The van der Waals surface area contributed by atoms with Crippen LogP contribution >= 0.6 is 0 Å². The minimum absolute atomic E-state index is 0.0351. The Morgan fingerprint density at radius 3 is 2.32 bits per heavy atom. The van der Waals surface area contributed by atoms with E-state index in [1.165, 1.54) is 43.5 Å². The summed E-state index contributed by atoms with van der Waals surface area (Å²) in [5.41, 5.74) is 8.93. The Labute approximate surface area is 241 Å². The minimum atomic E-state index is -4.13. The third-order valence-corrected chi connectivity index (χ3v) is 8.66. The second-order valence-electron chi connectivity index (χ2n) is 9.59. The largest absolute Gasteiger partial charge is 0.497 e. The van der Waals surface area contributed by atoms with Crippen molar-refractivity contribution in [1.29, 1.82) is 0 Å². The zero-order chi connectivity index (χ0) is 29.7. The SMILES string of the molecule is COc1ccc(N(CC(=O)N/N=C\c2cc(C)n(-c3ccc(C)c(C)c3)c2C)S(=O)(=O)c2ccccc2)c(OC)c1. The summed E-state index contributed by atoms with van der Waals surface area (Å²) < 4.78 is 41.2. The summed E-state index contributed by atoms with van der Waals surface area (Å²) >= 11 is 0. The highest BCUT2D eigenvalue weighted by atomic mass is 32.2. The molecule has 0 aliphatic heterocycles. The van der Waals surface area contributed by atoms with Gasteiger partial charge in [0.05, 0.1) is 31.0 Å². The number of ether oxygens (including phenoxy) is 2. The number of nitrogens with one attached hydrogen (secondary N) is 1. The summed E-state index contributed by atoms with van der Waals surface area (Å²) in [6.45, 7) is 7.61. The number of sulfonamides is 1. The molecule has 9 nitrogen and oxygen atoms in total. The number of hydrogen-bond donors (Lipinski definition) is 1. The molecule has 0 bridgehead atoms. The van der Waals surface area contributed by atoms with Crippen molar-refractivity contribution < 1.29 is 22.7 Å². The van der Waals surface area contributed by atoms with Crippen LogP contribution in [-0.4, -0.2) is 45.9 Å². The predicted molar refractivity (Wildman–Crippen MR) is 161 cm³/mol. The summed E-state index contributed by atoms with van der Waals surface area (Å²) in [7, 11) is -1.21. The number of anilines is 1. The summed E-state index contributed by atoms with van der Waals surface area (Å²) in [6, 6.07) is 20.9.